The van der Waals surface area contributed by atoms with Crippen LogP contribution in [0.15, 0.2) is 0 Å². The fourth-order valence-electron chi connectivity index (χ4n) is 1.02. The van der Waals surface area contributed by atoms with E-state index in [0.717, 1.165) is 0 Å². The van der Waals surface area contributed by atoms with Crippen LogP contribution in [0.3, 0.4) is 0 Å². The molecule has 2 unspecified atom stereocenters. The smallest absolute Gasteiger partial charge is 0.251 e. The Labute approximate surface area is 58.6 Å². The molecule has 1 amide bonds. The molecule has 5 heteroatoms. The summed E-state index contributed by atoms with van der Waals surface area (Å²) in [5, 5.41) is 11.8. The zero-order valence-electron chi connectivity index (χ0n) is 5.50. The van der Waals surface area contributed by atoms with Gasteiger partial charge in [-0.15, -0.1) is 0 Å². The molecule has 0 spiro atoms. The topological polar surface area (TPSA) is 87.4 Å². The van der Waals surface area contributed by atoms with E-state index in [0.29, 0.717) is 13.0 Å². The number of nitrogens with two attached hydrogens (primary N) is 1. The second kappa shape index (κ2) is 2.96. The standard InChI is InChI=1S/C5H11N3O2/c6-8-5(10)4-1-3(9)2-7-4/h3-4,7,9H,1-2,6H2,(H,8,10). The molecule has 1 saturated heterocycles. The molecule has 1 aliphatic rings. The van der Waals surface area contributed by atoms with Crippen molar-refractivity contribution in [2.45, 2.75) is 18.6 Å². The number of carbonyl (C=O) groups excluding carboxylic acids is 1. The van der Waals surface area contributed by atoms with Crippen LogP contribution in [0.25, 0.3) is 0 Å². The Bertz CT molecular complexity index is 139. The molecule has 1 fully saturated rings. The summed E-state index contributed by atoms with van der Waals surface area (Å²) in [5.41, 5.74) is 2.01. The minimum atomic E-state index is -0.415. The van der Waals surface area contributed by atoms with Crippen molar-refractivity contribution >= 4 is 5.91 Å². The first-order valence-electron chi connectivity index (χ1n) is 3.16. The van der Waals surface area contributed by atoms with E-state index in [-0.39, 0.29) is 11.9 Å². The Kier molecular flexibility index (Phi) is 2.21. The van der Waals surface area contributed by atoms with Crippen LogP contribution in [-0.4, -0.2) is 29.7 Å². The summed E-state index contributed by atoms with van der Waals surface area (Å²) in [6.45, 7) is 0.470. The van der Waals surface area contributed by atoms with Crippen molar-refractivity contribution in [2.75, 3.05) is 6.54 Å². The summed E-state index contributed by atoms with van der Waals surface area (Å²) in [4.78, 5) is 10.7. The zero-order valence-corrected chi connectivity index (χ0v) is 5.50. The number of hydrogen-bond acceptors (Lipinski definition) is 4. The van der Waals surface area contributed by atoms with Crippen molar-refractivity contribution in [3.05, 3.63) is 0 Å². The fourth-order valence-corrected chi connectivity index (χ4v) is 1.02. The van der Waals surface area contributed by atoms with E-state index in [9.17, 15) is 4.79 Å². The third kappa shape index (κ3) is 1.44. The molecule has 5 nitrogen and oxygen atoms in total. The van der Waals surface area contributed by atoms with E-state index < -0.39 is 6.10 Å². The third-order valence-corrected chi connectivity index (χ3v) is 1.57. The van der Waals surface area contributed by atoms with Gasteiger partial charge in [0.1, 0.15) is 0 Å². The summed E-state index contributed by atoms with van der Waals surface area (Å²) in [5.74, 6) is 4.61. The molecule has 10 heavy (non-hydrogen) atoms. The number of hydrogen-bond donors (Lipinski definition) is 4. The number of β-amino-alcohol motifs (C(OH)–C–C–N with tert-alkyl or cyclic N) is 1. The van der Waals surface area contributed by atoms with Crippen molar-refractivity contribution in [1.29, 1.82) is 0 Å². The van der Waals surface area contributed by atoms with Gasteiger partial charge in [-0.05, 0) is 6.42 Å². The van der Waals surface area contributed by atoms with E-state index in [2.05, 4.69) is 5.32 Å². The van der Waals surface area contributed by atoms with E-state index in [1.807, 2.05) is 5.43 Å². The molecule has 0 aromatic heterocycles. The van der Waals surface area contributed by atoms with E-state index in [1.165, 1.54) is 0 Å². The van der Waals surface area contributed by atoms with Crippen LogP contribution >= 0.6 is 0 Å². The van der Waals surface area contributed by atoms with Gasteiger partial charge in [0.05, 0.1) is 12.1 Å². The highest BCUT2D eigenvalue weighted by molar-refractivity contribution is 5.81. The summed E-state index contributed by atoms with van der Waals surface area (Å²) in [6.07, 6.45) is 0.0329. The lowest BCUT2D eigenvalue weighted by atomic mass is 10.2. The predicted octanol–water partition coefficient (Wildman–Crippen LogP) is -2.30. The molecule has 1 aliphatic heterocycles. The summed E-state index contributed by atoms with van der Waals surface area (Å²) in [6, 6.07) is -0.319. The first kappa shape index (κ1) is 7.46. The molecule has 2 atom stereocenters. The van der Waals surface area contributed by atoms with E-state index in [4.69, 9.17) is 10.9 Å². The number of carbonyl (C=O) groups is 1. The van der Waals surface area contributed by atoms with Gasteiger partial charge >= 0.3 is 0 Å². The van der Waals surface area contributed by atoms with Crippen molar-refractivity contribution in [3.63, 3.8) is 0 Å². The van der Waals surface area contributed by atoms with Crippen LogP contribution in [0, 0.1) is 0 Å². The van der Waals surface area contributed by atoms with Gasteiger partial charge in [0.15, 0.2) is 0 Å². The number of hydrazine groups is 1. The molecular formula is C5H11N3O2. The molecule has 0 saturated carbocycles. The van der Waals surface area contributed by atoms with Crippen LogP contribution in [-0.2, 0) is 4.79 Å². The van der Waals surface area contributed by atoms with Gasteiger partial charge < -0.3 is 10.4 Å². The van der Waals surface area contributed by atoms with Gasteiger partial charge in [0.2, 0.25) is 0 Å². The summed E-state index contributed by atoms with van der Waals surface area (Å²) in [7, 11) is 0. The number of rotatable bonds is 1. The first-order chi connectivity index (χ1) is 4.74. The Hall–Kier alpha value is -0.650. The Morgan fingerprint density at radius 2 is 2.50 bits per heavy atom. The quantitative estimate of drug-likeness (QED) is 0.190. The van der Waals surface area contributed by atoms with Crippen LogP contribution in [0.2, 0.25) is 0 Å². The SMILES string of the molecule is NNC(=O)C1CC(O)CN1. The molecule has 0 bridgehead atoms. The van der Waals surface area contributed by atoms with Crippen molar-refractivity contribution < 1.29 is 9.90 Å². The van der Waals surface area contributed by atoms with Gasteiger partial charge in [-0.3, -0.25) is 10.2 Å². The number of aliphatic hydroxyl groups excluding tert-OH is 1. The Balaban J connectivity index is 2.37. The minimum Gasteiger partial charge on any atom is -0.392 e. The van der Waals surface area contributed by atoms with Crippen LogP contribution < -0.4 is 16.6 Å². The molecular weight excluding hydrogens is 134 g/mol. The van der Waals surface area contributed by atoms with Gasteiger partial charge in [-0.25, -0.2) is 5.84 Å². The van der Waals surface area contributed by atoms with E-state index >= 15 is 0 Å². The number of amides is 1. The highest BCUT2D eigenvalue weighted by Gasteiger charge is 2.27. The maximum atomic E-state index is 10.7. The van der Waals surface area contributed by atoms with Crippen LogP contribution in [0.1, 0.15) is 6.42 Å². The molecule has 0 radical (unpaired) electrons. The maximum absolute atomic E-state index is 10.7. The highest BCUT2D eigenvalue weighted by Crippen LogP contribution is 2.04. The second-order valence-corrected chi connectivity index (χ2v) is 2.36. The predicted molar refractivity (Wildman–Crippen MR) is 34.7 cm³/mol. The molecule has 58 valence electrons. The average molecular weight is 145 g/mol. The lowest BCUT2D eigenvalue weighted by molar-refractivity contribution is -0.123. The normalized spacial score (nSPS) is 32.2. The van der Waals surface area contributed by atoms with Crippen molar-refractivity contribution in [2.24, 2.45) is 5.84 Å². The molecule has 0 aliphatic carbocycles. The summed E-state index contributed by atoms with van der Waals surface area (Å²) < 4.78 is 0. The molecule has 0 aromatic carbocycles. The van der Waals surface area contributed by atoms with Crippen LogP contribution in [0.5, 0.6) is 0 Å². The highest BCUT2D eigenvalue weighted by atomic mass is 16.3. The Morgan fingerprint density at radius 3 is 2.90 bits per heavy atom. The van der Waals surface area contributed by atoms with Crippen molar-refractivity contribution in [3.8, 4) is 0 Å². The lowest BCUT2D eigenvalue weighted by Crippen LogP contribution is -2.43. The lowest BCUT2D eigenvalue weighted by Gasteiger charge is -2.05. The summed E-state index contributed by atoms with van der Waals surface area (Å²) >= 11 is 0. The molecule has 5 N–H and O–H groups in total. The van der Waals surface area contributed by atoms with E-state index in [1.54, 1.807) is 0 Å². The van der Waals surface area contributed by atoms with Gasteiger partial charge in [-0.2, -0.15) is 0 Å². The molecule has 0 aromatic rings. The average Bonchev–Trinajstić information content (AvgIpc) is 2.34. The van der Waals surface area contributed by atoms with Crippen molar-refractivity contribution in [1.82, 2.24) is 10.7 Å². The zero-order chi connectivity index (χ0) is 7.56. The molecule has 1 heterocycles. The largest absolute Gasteiger partial charge is 0.392 e. The monoisotopic (exact) mass is 145 g/mol. The number of aliphatic hydroxyl groups is 1. The second-order valence-electron chi connectivity index (χ2n) is 2.36. The fraction of sp³-hybridized carbons (Fsp3) is 0.800. The Morgan fingerprint density at radius 1 is 1.80 bits per heavy atom. The van der Waals surface area contributed by atoms with Gasteiger partial charge in [-0.1, -0.05) is 0 Å². The third-order valence-electron chi connectivity index (χ3n) is 1.57. The van der Waals surface area contributed by atoms with Gasteiger partial charge in [0, 0.05) is 6.54 Å². The first-order valence-corrected chi connectivity index (χ1v) is 3.16. The minimum absolute atomic E-state index is 0.267. The maximum Gasteiger partial charge on any atom is 0.251 e. The van der Waals surface area contributed by atoms with Crippen LogP contribution in [0.4, 0.5) is 0 Å². The molecule has 1 rings (SSSR count). The number of nitrogens with one attached hydrogen (secondary N) is 2. The van der Waals surface area contributed by atoms with Gasteiger partial charge in [0.25, 0.3) is 5.91 Å².